The van der Waals surface area contributed by atoms with E-state index in [4.69, 9.17) is 16.1 Å². The number of rotatable bonds is 2. The van der Waals surface area contributed by atoms with E-state index < -0.39 is 4.92 Å². The van der Waals surface area contributed by atoms with Gasteiger partial charge in [-0.15, -0.1) is 0 Å². The highest BCUT2D eigenvalue weighted by atomic mass is 79.9. The second-order valence-corrected chi connectivity index (χ2v) is 4.02. The molecule has 0 spiro atoms. The van der Waals surface area contributed by atoms with E-state index in [0.717, 1.165) is 0 Å². The molecule has 2 rings (SSSR count). The molecular formula is C9H4BrClN2O3. The van der Waals surface area contributed by atoms with Crippen LogP contribution in [-0.2, 0) is 0 Å². The Morgan fingerprint density at radius 2 is 2.00 bits per heavy atom. The van der Waals surface area contributed by atoms with Gasteiger partial charge in [0.25, 0.3) is 5.69 Å². The molecule has 0 unspecified atom stereocenters. The van der Waals surface area contributed by atoms with Gasteiger partial charge in [0.15, 0.2) is 0 Å². The van der Waals surface area contributed by atoms with Crippen LogP contribution in [0.5, 0.6) is 0 Å². The zero-order valence-electron chi connectivity index (χ0n) is 7.68. The zero-order chi connectivity index (χ0) is 11.7. The summed E-state index contributed by atoms with van der Waals surface area (Å²) in [4.78, 5) is 9.99. The minimum Gasteiger partial charge on any atom is -0.347 e. The Labute approximate surface area is 103 Å². The molecule has 1 aromatic heterocycles. The molecule has 1 heterocycles. The van der Waals surface area contributed by atoms with Crippen LogP contribution < -0.4 is 0 Å². The van der Waals surface area contributed by atoms with Gasteiger partial charge in [-0.3, -0.25) is 10.1 Å². The lowest BCUT2D eigenvalue weighted by Crippen LogP contribution is -1.87. The molecule has 7 heteroatoms. The molecule has 16 heavy (non-hydrogen) atoms. The fourth-order valence-corrected chi connectivity index (χ4v) is 1.62. The number of nitro benzene ring substituents is 1. The summed E-state index contributed by atoms with van der Waals surface area (Å²) >= 11 is 8.99. The van der Waals surface area contributed by atoms with Crippen LogP contribution in [0, 0.1) is 10.1 Å². The van der Waals surface area contributed by atoms with Crippen molar-refractivity contribution in [3.63, 3.8) is 0 Å². The number of benzene rings is 1. The molecule has 0 N–H and O–H groups in total. The number of nitrogens with zero attached hydrogens (tertiary/aromatic N) is 2. The van der Waals surface area contributed by atoms with E-state index in [9.17, 15) is 10.1 Å². The van der Waals surface area contributed by atoms with Crippen molar-refractivity contribution in [2.75, 3.05) is 0 Å². The highest BCUT2D eigenvalue weighted by Gasteiger charge is 2.14. The lowest BCUT2D eigenvalue weighted by Gasteiger charge is -1.95. The van der Waals surface area contributed by atoms with E-state index in [-0.39, 0.29) is 5.69 Å². The summed E-state index contributed by atoms with van der Waals surface area (Å²) in [5, 5.41) is 14.5. The summed E-state index contributed by atoms with van der Waals surface area (Å²) in [7, 11) is 0. The van der Waals surface area contributed by atoms with Crippen LogP contribution in [0.4, 0.5) is 5.69 Å². The number of non-ortho nitro benzene ring substituents is 1. The first-order chi connectivity index (χ1) is 7.59. The van der Waals surface area contributed by atoms with Crippen molar-refractivity contribution in [3.8, 4) is 11.3 Å². The van der Waals surface area contributed by atoms with E-state index in [2.05, 4.69) is 21.1 Å². The smallest absolute Gasteiger partial charge is 0.269 e. The first-order valence-corrected chi connectivity index (χ1v) is 5.32. The maximum absolute atomic E-state index is 10.5. The normalized spacial score (nSPS) is 10.4. The maximum atomic E-state index is 10.5. The van der Waals surface area contributed by atoms with Crippen molar-refractivity contribution in [1.29, 1.82) is 0 Å². The Balaban J connectivity index is 2.42. The van der Waals surface area contributed by atoms with Crippen LogP contribution in [-0.4, -0.2) is 10.1 Å². The van der Waals surface area contributed by atoms with Gasteiger partial charge in [0.2, 0.25) is 4.67 Å². The van der Waals surface area contributed by atoms with Gasteiger partial charge < -0.3 is 4.52 Å². The third-order valence-corrected chi connectivity index (χ3v) is 3.07. The highest BCUT2D eigenvalue weighted by molar-refractivity contribution is 9.10. The second-order valence-electron chi connectivity index (χ2n) is 2.92. The first kappa shape index (κ1) is 11.1. The number of halogens is 2. The molecule has 1 aromatic carbocycles. The van der Waals surface area contributed by atoms with E-state index in [1.807, 2.05) is 0 Å². The topological polar surface area (TPSA) is 69.2 Å². The van der Waals surface area contributed by atoms with Crippen molar-refractivity contribution in [3.05, 3.63) is 44.1 Å². The fourth-order valence-electron chi connectivity index (χ4n) is 1.18. The second kappa shape index (κ2) is 4.23. The van der Waals surface area contributed by atoms with Gasteiger partial charge in [0, 0.05) is 17.7 Å². The van der Waals surface area contributed by atoms with Gasteiger partial charge in [0.05, 0.1) is 4.92 Å². The van der Waals surface area contributed by atoms with Crippen molar-refractivity contribution in [2.24, 2.45) is 0 Å². The molecule has 0 aliphatic carbocycles. The van der Waals surface area contributed by atoms with Gasteiger partial charge in [-0.25, -0.2) is 0 Å². The van der Waals surface area contributed by atoms with E-state index in [0.29, 0.717) is 20.9 Å². The molecule has 0 saturated heterocycles. The van der Waals surface area contributed by atoms with Gasteiger partial charge in [-0.05, 0) is 28.1 Å². The van der Waals surface area contributed by atoms with Crippen molar-refractivity contribution in [2.45, 2.75) is 0 Å². The predicted molar refractivity (Wildman–Crippen MR) is 61.3 cm³/mol. The molecule has 0 aliphatic rings. The molecule has 5 nitrogen and oxygen atoms in total. The van der Waals surface area contributed by atoms with Gasteiger partial charge in [0.1, 0.15) is 10.7 Å². The molecule has 2 aromatic rings. The standard InChI is InChI=1S/C9H4BrClN2O3/c10-9-7(11)8(12-16-9)5-1-3-6(4-2-5)13(14)15/h1-4H. The SMILES string of the molecule is O=[N+]([O-])c1ccc(-c2noc(Br)c2Cl)cc1. The van der Waals surface area contributed by atoms with E-state index in [1.165, 1.54) is 12.1 Å². The maximum Gasteiger partial charge on any atom is 0.269 e. The summed E-state index contributed by atoms with van der Waals surface area (Å²) in [5.74, 6) is 0. The van der Waals surface area contributed by atoms with Crippen molar-refractivity contribution in [1.82, 2.24) is 5.16 Å². The summed E-state index contributed by atoms with van der Waals surface area (Å²) in [5.41, 5.74) is 1.12. The minimum atomic E-state index is -0.468. The number of nitro groups is 1. The van der Waals surface area contributed by atoms with Crippen LogP contribution in [0.25, 0.3) is 11.3 Å². The van der Waals surface area contributed by atoms with Gasteiger partial charge in [-0.1, -0.05) is 16.8 Å². The van der Waals surface area contributed by atoms with Crippen molar-refractivity contribution >= 4 is 33.2 Å². The van der Waals surface area contributed by atoms with Crippen LogP contribution >= 0.6 is 27.5 Å². The number of aromatic nitrogens is 1. The molecule has 0 aliphatic heterocycles. The molecule has 0 radical (unpaired) electrons. The fraction of sp³-hybridized carbons (Fsp3) is 0. The predicted octanol–water partition coefficient (Wildman–Crippen LogP) is 3.67. The number of hydrogen-bond acceptors (Lipinski definition) is 4. The minimum absolute atomic E-state index is 0.0161. The van der Waals surface area contributed by atoms with Crippen LogP contribution in [0.3, 0.4) is 0 Å². The molecular weight excluding hydrogens is 299 g/mol. The molecule has 0 saturated carbocycles. The first-order valence-electron chi connectivity index (χ1n) is 4.15. The molecule has 0 amide bonds. The van der Waals surface area contributed by atoms with Gasteiger partial charge in [-0.2, -0.15) is 0 Å². The lowest BCUT2D eigenvalue weighted by molar-refractivity contribution is -0.384. The Morgan fingerprint density at radius 3 is 2.44 bits per heavy atom. The Morgan fingerprint density at radius 1 is 1.38 bits per heavy atom. The van der Waals surface area contributed by atoms with E-state index in [1.54, 1.807) is 12.1 Å². The molecule has 0 fully saturated rings. The lowest BCUT2D eigenvalue weighted by atomic mass is 10.1. The summed E-state index contributed by atoms with van der Waals surface area (Å²) in [6.45, 7) is 0. The zero-order valence-corrected chi connectivity index (χ0v) is 10.0. The third-order valence-electron chi connectivity index (χ3n) is 1.95. The molecule has 82 valence electrons. The summed E-state index contributed by atoms with van der Waals surface area (Å²) in [6.07, 6.45) is 0. The van der Waals surface area contributed by atoms with E-state index >= 15 is 0 Å². The summed E-state index contributed by atoms with van der Waals surface area (Å²) in [6, 6.07) is 5.89. The molecule has 0 atom stereocenters. The van der Waals surface area contributed by atoms with Gasteiger partial charge >= 0.3 is 0 Å². The number of hydrogen-bond donors (Lipinski definition) is 0. The Bertz CT molecular complexity index is 538. The van der Waals surface area contributed by atoms with Crippen LogP contribution in [0.15, 0.2) is 33.5 Å². The third kappa shape index (κ3) is 1.94. The Hall–Kier alpha value is -1.40. The average molecular weight is 303 g/mol. The quantitative estimate of drug-likeness (QED) is 0.627. The highest BCUT2D eigenvalue weighted by Crippen LogP contribution is 2.33. The molecule has 0 bridgehead atoms. The van der Waals surface area contributed by atoms with Crippen LogP contribution in [0.2, 0.25) is 5.02 Å². The largest absolute Gasteiger partial charge is 0.347 e. The van der Waals surface area contributed by atoms with Crippen LogP contribution in [0.1, 0.15) is 0 Å². The summed E-state index contributed by atoms with van der Waals surface area (Å²) < 4.78 is 5.16. The average Bonchev–Trinajstić information content (AvgIpc) is 2.60. The Kier molecular flexibility index (Phi) is 2.93. The monoisotopic (exact) mass is 302 g/mol. The van der Waals surface area contributed by atoms with Crippen molar-refractivity contribution < 1.29 is 9.45 Å².